The minimum absolute atomic E-state index is 0.0257. The minimum atomic E-state index is -0.517. The zero-order valence-electron chi connectivity index (χ0n) is 14.8. The van der Waals surface area contributed by atoms with Crippen molar-refractivity contribution in [3.05, 3.63) is 48.3 Å². The number of nitrogen functional groups attached to an aromatic ring is 1. The molecule has 2 rings (SSSR count). The molecule has 1 atom stereocenters. The van der Waals surface area contributed by atoms with Gasteiger partial charge in [-0.05, 0) is 32.8 Å². The number of ether oxygens (including phenoxy) is 1. The second-order valence-corrected chi connectivity index (χ2v) is 6.96. The van der Waals surface area contributed by atoms with Gasteiger partial charge in [-0.1, -0.05) is 30.3 Å². The van der Waals surface area contributed by atoms with Gasteiger partial charge in [-0.3, -0.25) is 4.68 Å². The van der Waals surface area contributed by atoms with Gasteiger partial charge < -0.3 is 15.4 Å². The van der Waals surface area contributed by atoms with Gasteiger partial charge in [0.15, 0.2) is 0 Å². The van der Waals surface area contributed by atoms with E-state index >= 15 is 0 Å². The molecular weight excluding hydrogens is 304 g/mol. The van der Waals surface area contributed by atoms with Crippen LogP contribution in [0.4, 0.5) is 10.5 Å². The number of likely N-dealkylation sites (N-methyl/N-ethyl adjacent to an activating group) is 1. The number of nitrogens with zero attached hydrogens (tertiary/aromatic N) is 3. The van der Waals surface area contributed by atoms with Crippen molar-refractivity contribution >= 4 is 11.8 Å². The molecule has 2 aromatic rings. The Labute approximate surface area is 143 Å². The third-order valence-electron chi connectivity index (χ3n) is 3.50. The van der Waals surface area contributed by atoms with E-state index < -0.39 is 5.60 Å². The molecule has 0 saturated carbocycles. The first kappa shape index (κ1) is 17.8. The van der Waals surface area contributed by atoms with Gasteiger partial charge >= 0.3 is 6.09 Å². The lowest BCUT2D eigenvalue weighted by molar-refractivity contribution is 0.0273. The number of aromatic nitrogens is 2. The third kappa shape index (κ3) is 5.30. The number of anilines is 1. The number of benzene rings is 1. The normalized spacial score (nSPS) is 12.7. The van der Waals surface area contributed by atoms with E-state index in [1.165, 1.54) is 5.56 Å². The summed E-state index contributed by atoms with van der Waals surface area (Å²) in [5, 5.41) is 4.31. The van der Waals surface area contributed by atoms with Crippen molar-refractivity contribution in [2.24, 2.45) is 0 Å². The van der Waals surface area contributed by atoms with E-state index in [1.54, 1.807) is 24.3 Å². The van der Waals surface area contributed by atoms with Crippen molar-refractivity contribution in [3.8, 4) is 0 Å². The van der Waals surface area contributed by atoms with Crippen molar-refractivity contribution in [1.29, 1.82) is 0 Å². The zero-order chi connectivity index (χ0) is 17.7. The summed E-state index contributed by atoms with van der Waals surface area (Å²) in [6, 6.07) is 10.1. The van der Waals surface area contributed by atoms with Crippen LogP contribution in [0.25, 0.3) is 0 Å². The van der Waals surface area contributed by atoms with E-state index in [0.717, 1.165) is 6.42 Å². The van der Waals surface area contributed by atoms with E-state index in [9.17, 15) is 4.79 Å². The first-order chi connectivity index (χ1) is 11.2. The molecule has 0 aliphatic heterocycles. The van der Waals surface area contributed by atoms with E-state index in [-0.39, 0.29) is 12.1 Å². The van der Waals surface area contributed by atoms with Crippen LogP contribution in [0.1, 0.15) is 32.4 Å². The van der Waals surface area contributed by atoms with Gasteiger partial charge in [0.2, 0.25) is 0 Å². The third-order valence-corrected chi connectivity index (χ3v) is 3.50. The van der Waals surface area contributed by atoms with Crippen LogP contribution in [-0.2, 0) is 11.2 Å². The van der Waals surface area contributed by atoms with Gasteiger partial charge in [0, 0.05) is 19.8 Å². The molecule has 0 saturated heterocycles. The number of amides is 1. The maximum Gasteiger partial charge on any atom is 0.410 e. The van der Waals surface area contributed by atoms with Crippen LogP contribution in [0.2, 0.25) is 0 Å². The summed E-state index contributed by atoms with van der Waals surface area (Å²) in [7, 11) is 1.74. The van der Waals surface area contributed by atoms with Crippen LogP contribution >= 0.6 is 0 Å². The second kappa shape index (κ2) is 7.38. The number of hydrogen-bond acceptors (Lipinski definition) is 4. The Morgan fingerprint density at radius 3 is 2.54 bits per heavy atom. The first-order valence-electron chi connectivity index (χ1n) is 8.02. The lowest BCUT2D eigenvalue weighted by Crippen LogP contribution is -2.38. The van der Waals surface area contributed by atoms with Crippen molar-refractivity contribution in [2.75, 3.05) is 19.3 Å². The highest BCUT2D eigenvalue weighted by molar-refractivity contribution is 5.67. The highest BCUT2D eigenvalue weighted by Crippen LogP contribution is 2.18. The SMILES string of the molecule is CN(CC(Cc1ccccc1)n1cc(N)cn1)C(=O)OC(C)(C)C. The lowest BCUT2D eigenvalue weighted by Gasteiger charge is -2.28. The topological polar surface area (TPSA) is 73.4 Å². The highest BCUT2D eigenvalue weighted by Gasteiger charge is 2.23. The molecule has 0 radical (unpaired) electrons. The van der Waals surface area contributed by atoms with Crippen molar-refractivity contribution in [2.45, 2.75) is 38.8 Å². The molecule has 1 heterocycles. The molecular formula is C18H26N4O2. The summed E-state index contributed by atoms with van der Waals surface area (Å²) in [5.74, 6) is 0. The van der Waals surface area contributed by atoms with Gasteiger partial charge in [0.05, 0.1) is 17.9 Å². The smallest absolute Gasteiger partial charge is 0.410 e. The Morgan fingerprint density at radius 1 is 1.33 bits per heavy atom. The van der Waals surface area contributed by atoms with Gasteiger partial charge in [-0.15, -0.1) is 0 Å². The molecule has 0 fully saturated rings. The fourth-order valence-electron chi connectivity index (χ4n) is 2.41. The maximum absolute atomic E-state index is 12.2. The fraction of sp³-hybridized carbons (Fsp3) is 0.444. The molecule has 0 aliphatic rings. The molecule has 0 bridgehead atoms. The first-order valence-corrected chi connectivity index (χ1v) is 8.02. The lowest BCUT2D eigenvalue weighted by atomic mass is 10.1. The van der Waals surface area contributed by atoms with Crippen LogP contribution in [0, 0.1) is 0 Å². The van der Waals surface area contributed by atoms with Gasteiger partial charge in [-0.25, -0.2) is 4.79 Å². The number of hydrogen-bond donors (Lipinski definition) is 1. The average Bonchev–Trinajstić information content (AvgIpc) is 2.92. The van der Waals surface area contributed by atoms with Crippen LogP contribution in [-0.4, -0.2) is 40.0 Å². The summed E-state index contributed by atoms with van der Waals surface area (Å²) in [4.78, 5) is 13.8. The van der Waals surface area contributed by atoms with E-state index in [1.807, 2.05) is 43.7 Å². The Kier molecular flexibility index (Phi) is 5.49. The number of carbonyl (C=O) groups is 1. The predicted molar refractivity (Wildman–Crippen MR) is 94.7 cm³/mol. The van der Waals surface area contributed by atoms with Crippen molar-refractivity contribution < 1.29 is 9.53 Å². The predicted octanol–water partition coefficient (Wildman–Crippen LogP) is 3.12. The Balaban J connectivity index is 2.12. The van der Waals surface area contributed by atoms with Gasteiger partial charge in [-0.2, -0.15) is 5.10 Å². The largest absolute Gasteiger partial charge is 0.444 e. The molecule has 1 aromatic carbocycles. The van der Waals surface area contributed by atoms with Crippen LogP contribution in [0.5, 0.6) is 0 Å². The summed E-state index contributed by atoms with van der Waals surface area (Å²) < 4.78 is 7.23. The number of rotatable bonds is 5. The number of carbonyl (C=O) groups excluding carboxylic acids is 1. The fourth-order valence-corrected chi connectivity index (χ4v) is 2.41. The standard InChI is InChI=1S/C18H26N4O2/c1-18(2,3)24-17(23)21(4)13-16(22-12-15(19)11-20-22)10-14-8-6-5-7-9-14/h5-9,11-12,16H,10,13,19H2,1-4H3. The quantitative estimate of drug-likeness (QED) is 0.914. The summed E-state index contributed by atoms with van der Waals surface area (Å²) in [6.07, 6.45) is 3.80. The maximum atomic E-state index is 12.2. The molecule has 6 nitrogen and oxygen atoms in total. The van der Waals surface area contributed by atoms with Gasteiger partial charge in [0.1, 0.15) is 5.60 Å². The van der Waals surface area contributed by atoms with E-state index in [4.69, 9.17) is 10.5 Å². The van der Waals surface area contributed by atoms with Crippen LogP contribution in [0.3, 0.4) is 0 Å². The summed E-state index contributed by atoms with van der Waals surface area (Å²) >= 11 is 0. The zero-order valence-corrected chi connectivity index (χ0v) is 14.8. The van der Waals surface area contributed by atoms with Gasteiger partial charge in [0.25, 0.3) is 0 Å². The summed E-state index contributed by atoms with van der Waals surface area (Å²) in [6.45, 7) is 6.04. The van der Waals surface area contributed by atoms with Crippen molar-refractivity contribution in [1.82, 2.24) is 14.7 Å². The molecule has 0 aliphatic carbocycles. The second-order valence-electron chi connectivity index (χ2n) is 6.96. The Hall–Kier alpha value is -2.50. The van der Waals surface area contributed by atoms with Crippen molar-refractivity contribution in [3.63, 3.8) is 0 Å². The molecule has 1 aromatic heterocycles. The molecule has 130 valence electrons. The molecule has 1 amide bonds. The number of nitrogens with two attached hydrogens (primary N) is 1. The molecule has 24 heavy (non-hydrogen) atoms. The van der Waals surface area contributed by atoms with E-state index in [0.29, 0.717) is 12.2 Å². The average molecular weight is 330 g/mol. The summed E-state index contributed by atoms with van der Waals surface area (Å²) in [5.41, 5.74) is 7.06. The molecule has 2 N–H and O–H groups in total. The molecule has 0 spiro atoms. The minimum Gasteiger partial charge on any atom is -0.444 e. The Bertz CT molecular complexity index is 661. The van der Waals surface area contributed by atoms with Crippen LogP contribution in [0.15, 0.2) is 42.7 Å². The molecule has 6 heteroatoms. The monoisotopic (exact) mass is 330 g/mol. The molecule has 1 unspecified atom stereocenters. The Morgan fingerprint density at radius 2 is 2.00 bits per heavy atom. The highest BCUT2D eigenvalue weighted by atomic mass is 16.6. The van der Waals surface area contributed by atoms with E-state index in [2.05, 4.69) is 17.2 Å². The van der Waals surface area contributed by atoms with Crippen LogP contribution < -0.4 is 5.73 Å².